The van der Waals surface area contributed by atoms with Crippen LogP contribution in [0.4, 0.5) is 0 Å². The maximum Gasteiger partial charge on any atom is 0.255 e. The van der Waals surface area contributed by atoms with Crippen molar-refractivity contribution in [2.45, 2.75) is 38.9 Å². The average molecular weight is 467 g/mol. The lowest BCUT2D eigenvalue weighted by Crippen LogP contribution is -2.51. The number of carbonyl (C=O) groups is 2. The first-order valence-corrected chi connectivity index (χ1v) is 12.1. The van der Waals surface area contributed by atoms with Crippen molar-refractivity contribution in [1.29, 1.82) is 0 Å². The second-order valence-electron chi connectivity index (χ2n) is 9.55. The molecule has 0 unspecified atom stereocenters. The molecule has 4 aromatic rings. The van der Waals surface area contributed by atoms with Crippen molar-refractivity contribution in [3.8, 4) is 0 Å². The van der Waals surface area contributed by atoms with E-state index in [1.165, 1.54) is 0 Å². The van der Waals surface area contributed by atoms with Crippen LogP contribution in [-0.2, 0) is 24.8 Å². The predicted molar refractivity (Wildman–Crippen MR) is 137 cm³/mol. The summed E-state index contributed by atoms with van der Waals surface area (Å²) in [6.45, 7) is 4.42. The Morgan fingerprint density at radius 2 is 1.66 bits per heavy atom. The average Bonchev–Trinajstić information content (AvgIpc) is 3.36. The zero-order chi connectivity index (χ0) is 24.5. The lowest BCUT2D eigenvalue weighted by Gasteiger charge is -2.31. The maximum atomic E-state index is 13.8. The van der Waals surface area contributed by atoms with Crippen LogP contribution in [0, 0.1) is 5.92 Å². The number of nitrogens with one attached hydrogen (secondary N) is 1. The van der Waals surface area contributed by atoms with Crippen LogP contribution in [0.1, 0.15) is 47.2 Å². The van der Waals surface area contributed by atoms with Crippen molar-refractivity contribution in [1.82, 2.24) is 19.8 Å². The van der Waals surface area contributed by atoms with Gasteiger partial charge in [0.25, 0.3) is 5.91 Å². The van der Waals surface area contributed by atoms with Gasteiger partial charge in [0, 0.05) is 19.2 Å². The van der Waals surface area contributed by atoms with Crippen LogP contribution in [-0.4, -0.2) is 32.3 Å². The molecule has 2 heterocycles. The van der Waals surface area contributed by atoms with Gasteiger partial charge in [-0.15, -0.1) is 0 Å². The summed E-state index contributed by atoms with van der Waals surface area (Å²) in [7, 11) is 1.98. The molecule has 1 aliphatic heterocycles. The molecule has 0 saturated heterocycles. The van der Waals surface area contributed by atoms with E-state index in [2.05, 4.69) is 17.4 Å². The molecule has 0 radical (unpaired) electrons. The van der Waals surface area contributed by atoms with E-state index in [-0.39, 0.29) is 23.8 Å². The Labute approximate surface area is 205 Å². The number of aryl methyl sites for hydroxylation is 1. The highest BCUT2D eigenvalue weighted by molar-refractivity contribution is 6.01. The van der Waals surface area contributed by atoms with Gasteiger partial charge in [-0.25, -0.2) is 4.98 Å². The molecule has 6 heteroatoms. The first-order valence-electron chi connectivity index (χ1n) is 12.1. The van der Waals surface area contributed by atoms with E-state index in [0.717, 1.165) is 28.0 Å². The molecule has 0 saturated carbocycles. The molecule has 0 spiro atoms. The van der Waals surface area contributed by atoms with Crippen LogP contribution >= 0.6 is 0 Å². The topological polar surface area (TPSA) is 67.2 Å². The second-order valence-corrected chi connectivity index (χ2v) is 9.55. The zero-order valence-electron chi connectivity index (χ0n) is 20.3. The zero-order valence-corrected chi connectivity index (χ0v) is 20.3. The van der Waals surface area contributed by atoms with Crippen molar-refractivity contribution < 1.29 is 9.59 Å². The number of amides is 2. The molecule has 2 amide bonds. The van der Waals surface area contributed by atoms with E-state index < -0.39 is 6.04 Å². The van der Waals surface area contributed by atoms with Gasteiger partial charge in [0.1, 0.15) is 11.9 Å². The normalized spacial score (nSPS) is 14.9. The second kappa shape index (κ2) is 9.37. The molecule has 5 rings (SSSR count). The van der Waals surface area contributed by atoms with Gasteiger partial charge in [-0.3, -0.25) is 9.59 Å². The summed E-state index contributed by atoms with van der Waals surface area (Å²) in [5, 5.41) is 3.27. The third-order valence-corrected chi connectivity index (χ3v) is 6.82. The Bertz CT molecular complexity index is 1380. The Hall–Kier alpha value is -3.93. The number of aromatic nitrogens is 2. The largest absolute Gasteiger partial charge is 0.344 e. The molecule has 1 N–H and O–H groups in total. The summed E-state index contributed by atoms with van der Waals surface area (Å²) >= 11 is 0. The van der Waals surface area contributed by atoms with Crippen molar-refractivity contribution in [2.75, 3.05) is 0 Å². The smallest absolute Gasteiger partial charge is 0.255 e. The molecule has 1 aromatic heterocycles. The summed E-state index contributed by atoms with van der Waals surface area (Å²) in [5.74, 6) is 0.499. The van der Waals surface area contributed by atoms with Crippen LogP contribution in [0.15, 0.2) is 78.9 Å². The first kappa shape index (κ1) is 22.8. The molecule has 2 atom stereocenters. The molecule has 178 valence electrons. The van der Waals surface area contributed by atoms with Gasteiger partial charge in [0.05, 0.1) is 17.1 Å². The monoisotopic (exact) mass is 466 g/mol. The summed E-state index contributed by atoms with van der Waals surface area (Å²) in [6.07, 6.45) is 0.600. The number of fused-ring (bicyclic) bond motifs is 2. The highest BCUT2D eigenvalue weighted by Crippen LogP contribution is 2.28. The van der Waals surface area contributed by atoms with E-state index >= 15 is 0 Å². The van der Waals surface area contributed by atoms with E-state index in [9.17, 15) is 9.59 Å². The van der Waals surface area contributed by atoms with Gasteiger partial charge in [-0.1, -0.05) is 74.5 Å². The summed E-state index contributed by atoms with van der Waals surface area (Å²) in [6, 6.07) is 24.7. The number of carbonyl (C=O) groups excluding carboxylic acids is 2. The SMILES string of the molecule is CC(C)[C@H](C(=O)N[C@@H](Cc1ccccc1)c1nc2ccccc2n1C)N1Cc2ccccc2C1=O. The Morgan fingerprint density at radius 3 is 2.37 bits per heavy atom. The van der Waals surface area contributed by atoms with E-state index in [0.29, 0.717) is 18.5 Å². The third-order valence-electron chi connectivity index (χ3n) is 6.82. The predicted octanol–water partition coefficient (Wildman–Crippen LogP) is 4.65. The van der Waals surface area contributed by atoms with E-state index in [1.807, 2.05) is 92.2 Å². The molecular weight excluding hydrogens is 436 g/mol. The standard InChI is InChI=1S/C29H30N4O2/c1-19(2)26(33-18-21-13-7-8-14-22(21)29(33)35)28(34)31-24(17-20-11-5-4-6-12-20)27-30-23-15-9-10-16-25(23)32(27)3/h4-16,19,24,26H,17-18H2,1-3H3,(H,31,34)/t24-,26+/m0/s1. The van der Waals surface area contributed by atoms with E-state index in [1.54, 1.807) is 4.90 Å². The first-order chi connectivity index (χ1) is 16.9. The molecule has 35 heavy (non-hydrogen) atoms. The van der Waals surface area contributed by atoms with Gasteiger partial charge in [0.2, 0.25) is 5.91 Å². The lowest BCUT2D eigenvalue weighted by atomic mass is 9.99. The van der Waals surface area contributed by atoms with Gasteiger partial charge in [-0.2, -0.15) is 0 Å². The molecule has 0 aliphatic carbocycles. The van der Waals surface area contributed by atoms with Gasteiger partial charge >= 0.3 is 0 Å². The van der Waals surface area contributed by atoms with E-state index in [4.69, 9.17) is 4.98 Å². The minimum atomic E-state index is -0.581. The summed E-state index contributed by atoms with van der Waals surface area (Å²) < 4.78 is 2.05. The fourth-order valence-electron chi connectivity index (χ4n) is 5.10. The molecule has 1 aliphatic rings. The Morgan fingerprint density at radius 1 is 0.971 bits per heavy atom. The third kappa shape index (κ3) is 4.32. The fourth-order valence-corrected chi connectivity index (χ4v) is 5.10. The van der Waals surface area contributed by atoms with Gasteiger partial charge in [0.15, 0.2) is 0 Å². The number of nitrogens with zero attached hydrogens (tertiary/aromatic N) is 3. The van der Waals surface area contributed by atoms with Crippen LogP contribution in [0.2, 0.25) is 0 Å². The molecule has 0 bridgehead atoms. The number of para-hydroxylation sites is 2. The minimum Gasteiger partial charge on any atom is -0.344 e. The van der Waals surface area contributed by atoms with Crippen LogP contribution in [0.25, 0.3) is 11.0 Å². The number of hydrogen-bond acceptors (Lipinski definition) is 3. The minimum absolute atomic E-state index is 0.0499. The van der Waals surface area contributed by atoms with Crippen molar-refractivity contribution in [3.63, 3.8) is 0 Å². The van der Waals surface area contributed by atoms with Crippen LogP contribution in [0.5, 0.6) is 0 Å². The summed E-state index contributed by atoms with van der Waals surface area (Å²) in [5.41, 5.74) is 4.66. The number of benzene rings is 3. The van der Waals surface area contributed by atoms with Crippen LogP contribution in [0.3, 0.4) is 0 Å². The van der Waals surface area contributed by atoms with Crippen molar-refractivity contribution in [3.05, 3.63) is 101 Å². The fraction of sp³-hybridized carbons (Fsp3) is 0.276. The number of rotatable bonds is 7. The van der Waals surface area contributed by atoms with Gasteiger partial charge < -0.3 is 14.8 Å². The molecular formula is C29H30N4O2. The highest BCUT2D eigenvalue weighted by Gasteiger charge is 2.39. The van der Waals surface area contributed by atoms with Crippen molar-refractivity contribution >= 4 is 22.8 Å². The molecule has 6 nitrogen and oxygen atoms in total. The summed E-state index contributed by atoms with van der Waals surface area (Å²) in [4.78, 5) is 33.6. The van der Waals surface area contributed by atoms with Gasteiger partial charge in [-0.05, 0) is 41.7 Å². The Kier molecular flexibility index (Phi) is 6.12. The molecule has 3 aromatic carbocycles. The number of hydrogen-bond donors (Lipinski definition) is 1. The highest BCUT2D eigenvalue weighted by atomic mass is 16.2. The Balaban J connectivity index is 1.47. The lowest BCUT2D eigenvalue weighted by molar-refractivity contribution is -0.128. The number of imidazole rings is 1. The quantitative estimate of drug-likeness (QED) is 0.431. The van der Waals surface area contributed by atoms with Crippen molar-refractivity contribution in [2.24, 2.45) is 13.0 Å². The van der Waals surface area contributed by atoms with Crippen LogP contribution < -0.4 is 5.32 Å². The maximum absolute atomic E-state index is 13.8. The molecule has 0 fully saturated rings.